The molecule has 25 heavy (non-hydrogen) atoms. The fourth-order valence-corrected chi connectivity index (χ4v) is 12.7. The third-order valence-corrected chi connectivity index (χ3v) is 13.1. The van der Waals surface area contributed by atoms with Crippen LogP contribution in [0.15, 0.2) is 22.7 Å². The van der Waals surface area contributed by atoms with Crippen LogP contribution in [0.5, 0.6) is 0 Å². The van der Waals surface area contributed by atoms with Crippen LogP contribution in [0.3, 0.4) is 0 Å². The molecule has 1 aromatic heterocycles. The zero-order valence-electron chi connectivity index (χ0n) is 15.1. The number of aromatic nitrogens is 2. The fraction of sp³-hybridized carbons (Fsp3) is 0.643. The number of rotatable bonds is 11. The van der Waals surface area contributed by atoms with Gasteiger partial charge in [0, 0.05) is 29.1 Å². The van der Waals surface area contributed by atoms with E-state index in [1.165, 1.54) is 0 Å². The second kappa shape index (κ2) is 9.92. The van der Waals surface area contributed by atoms with Crippen molar-refractivity contribution in [2.24, 2.45) is 5.11 Å². The fourth-order valence-electron chi connectivity index (χ4n) is 2.34. The van der Waals surface area contributed by atoms with Gasteiger partial charge in [0.25, 0.3) is 0 Å². The van der Waals surface area contributed by atoms with Gasteiger partial charge < -0.3 is 9.22 Å². The average molecular weight is 400 g/mol. The molecule has 0 atom stereocenters. The minimum absolute atomic E-state index is 0.201. The van der Waals surface area contributed by atoms with E-state index in [0.29, 0.717) is 11.6 Å². The summed E-state index contributed by atoms with van der Waals surface area (Å²) in [5.74, 6) is -0.752. The van der Waals surface area contributed by atoms with Gasteiger partial charge in [-0.25, -0.2) is 9.97 Å². The summed E-state index contributed by atoms with van der Waals surface area (Å²) in [6.07, 6.45) is 4.21. The van der Waals surface area contributed by atoms with E-state index in [1.807, 2.05) is 0 Å². The SMILES string of the molecule is C[Si](C)(CCCC(=O)O)O[Si](C)(C)CSc1ncc(CN=[N+]=[N-])cn1. The Labute approximate surface area is 154 Å². The molecule has 1 aromatic rings. The first-order chi connectivity index (χ1) is 11.6. The number of thioether (sulfide) groups is 1. The van der Waals surface area contributed by atoms with Gasteiger partial charge in [-0.15, -0.1) is 0 Å². The molecule has 0 fully saturated rings. The van der Waals surface area contributed by atoms with Crippen molar-refractivity contribution >= 4 is 34.4 Å². The first-order valence-electron chi connectivity index (χ1n) is 8.00. The van der Waals surface area contributed by atoms with Crippen molar-refractivity contribution in [2.75, 3.05) is 5.38 Å². The van der Waals surface area contributed by atoms with Crippen LogP contribution in [0, 0.1) is 0 Å². The molecular weight excluding hydrogens is 374 g/mol. The van der Waals surface area contributed by atoms with E-state index in [0.717, 1.165) is 17.0 Å². The van der Waals surface area contributed by atoms with Gasteiger partial charge in [-0.2, -0.15) is 0 Å². The molecule has 0 saturated heterocycles. The lowest BCUT2D eigenvalue weighted by atomic mass is 10.3. The highest BCUT2D eigenvalue weighted by molar-refractivity contribution is 8.00. The molecule has 0 aromatic carbocycles. The minimum Gasteiger partial charge on any atom is -0.481 e. The molecule has 0 amide bonds. The Morgan fingerprint density at radius 1 is 1.32 bits per heavy atom. The molecule has 0 aliphatic heterocycles. The van der Waals surface area contributed by atoms with Gasteiger partial charge >= 0.3 is 5.97 Å². The van der Waals surface area contributed by atoms with Crippen LogP contribution in [-0.2, 0) is 15.5 Å². The first-order valence-corrected chi connectivity index (χ1v) is 15.2. The number of aliphatic carboxylic acids is 1. The maximum absolute atomic E-state index is 10.7. The lowest BCUT2D eigenvalue weighted by Crippen LogP contribution is -2.46. The van der Waals surface area contributed by atoms with E-state index in [4.69, 9.17) is 14.8 Å². The van der Waals surface area contributed by atoms with Gasteiger partial charge in [0.2, 0.25) is 0 Å². The Hall–Kier alpha value is -1.40. The predicted octanol–water partition coefficient (Wildman–Crippen LogP) is 4.21. The molecule has 0 aliphatic rings. The van der Waals surface area contributed by atoms with Crippen LogP contribution in [0.1, 0.15) is 18.4 Å². The largest absolute Gasteiger partial charge is 0.481 e. The highest BCUT2D eigenvalue weighted by atomic mass is 32.2. The Balaban J connectivity index is 2.50. The van der Waals surface area contributed by atoms with Crippen molar-refractivity contribution < 1.29 is 14.0 Å². The molecule has 0 unspecified atom stereocenters. The Bertz CT molecular complexity index is 621. The van der Waals surface area contributed by atoms with E-state index in [1.54, 1.807) is 24.2 Å². The normalized spacial score (nSPS) is 11.8. The second-order valence-electron chi connectivity index (χ2n) is 6.92. The van der Waals surface area contributed by atoms with Crippen molar-refractivity contribution in [3.63, 3.8) is 0 Å². The summed E-state index contributed by atoms with van der Waals surface area (Å²) in [7, 11) is -3.77. The van der Waals surface area contributed by atoms with Gasteiger partial charge in [-0.1, -0.05) is 16.9 Å². The lowest BCUT2D eigenvalue weighted by molar-refractivity contribution is -0.137. The number of hydrogen-bond donors (Lipinski definition) is 1. The van der Waals surface area contributed by atoms with Gasteiger partial charge in [0.1, 0.15) is 0 Å². The van der Waals surface area contributed by atoms with Crippen molar-refractivity contribution in [3.8, 4) is 0 Å². The minimum atomic E-state index is -1.90. The molecule has 0 bridgehead atoms. The highest BCUT2D eigenvalue weighted by Gasteiger charge is 2.33. The van der Waals surface area contributed by atoms with Crippen LogP contribution < -0.4 is 0 Å². The number of carboxylic acids is 1. The van der Waals surface area contributed by atoms with Crippen LogP contribution in [-0.4, -0.2) is 43.1 Å². The maximum Gasteiger partial charge on any atom is 0.303 e. The van der Waals surface area contributed by atoms with Crippen LogP contribution in [0.4, 0.5) is 0 Å². The monoisotopic (exact) mass is 399 g/mol. The topological polar surface area (TPSA) is 121 Å². The molecule has 0 aliphatic carbocycles. The molecule has 11 heteroatoms. The van der Waals surface area contributed by atoms with Crippen molar-refractivity contribution in [1.29, 1.82) is 0 Å². The van der Waals surface area contributed by atoms with Crippen LogP contribution >= 0.6 is 11.8 Å². The molecule has 1 heterocycles. The molecule has 0 radical (unpaired) electrons. The number of hydrogen-bond acceptors (Lipinski definition) is 6. The summed E-state index contributed by atoms with van der Waals surface area (Å²) in [5.41, 5.74) is 9.09. The summed E-state index contributed by atoms with van der Waals surface area (Å²) in [6, 6.07) is 0.852. The van der Waals surface area contributed by atoms with E-state index in [9.17, 15) is 4.79 Å². The number of azide groups is 1. The predicted molar refractivity (Wildman–Crippen MR) is 103 cm³/mol. The molecule has 0 spiro atoms. The molecule has 8 nitrogen and oxygen atoms in total. The zero-order valence-corrected chi connectivity index (χ0v) is 17.9. The Morgan fingerprint density at radius 2 is 1.96 bits per heavy atom. The summed E-state index contributed by atoms with van der Waals surface area (Å²) in [5, 5.41) is 13.8. The van der Waals surface area contributed by atoms with E-state index in [-0.39, 0.29) is 13.0 Å². The van der Waals surface area contributed by atoms with Crippen molar-refractivity contribution in [1.82, 2.24) is 9.97 Å². The summed E-state index contributed by atoms with van der Waals surface area (Å²) < 4.78 is 6.46. The quantitative estimate of drug-likeness (QED) is 0.148. The number of carbonyl (C=O) groups is 1. The van der Waals surface area contributed by atoms with E-state index in [2.05, 4.69) is 46.2 Å². The third kappa shape index (κ3) is 9.61. The molecule has 0 saturated carbocycles. The molecule has 138 valence electrons. The summed E-state index contributed by atoms with van der Waals surface area (Å²) >= 11 is 1.57. The van der Waals surface area contributed by atoms with Crippen LogP contribution in [0.25, 0.3) is 10.4 Å². The molecule has 1 rings (SSSR count). The van der Waals surface area contributed by atoms with Gasteiger partial charge in [-0.05, 0) is 49.7 Å². The van der Waals surface area contributed by atoms with Crippen molar-refractivity contribution in [2.45, 2.75) is 56.8 Å². The molecular formula is C14H25N5O3SSi2. The smallest absolute Gasteiger partial charge is 0.303 e. The summed E-state index contributed by atoms with van der Waals surface area (Å²) in [4.78, 5) is 21.9. The number of nitrogens with zero attached hydrogens (tertiary/aromatic N) is 5. The Kier molecular flexibility index (Phi) is 8.59. The van der Waals surface area contributed by atoms with Gasteiger partial charge in [0.15, 0.2) is 21.8 Å². The lowest BCUT2D eigenvalue weighted by Gasteiger charge is -2.33. The van der Waals surface area contributed by atoms with Gasteiger partial charge in [-0.3, -0.25) is 4.79 Å². The third-order valence-electron chi connectivity index (χ3n) is 3.27. The first kappa shape index (κ1) is 21.6. The zero-order chi connectivity index (χ0) is 18.9. The van der Waals surface area contributed by atoms with Gasteiger partial charge in [0.05, 0.1) is 6.54 Å². The standard InChI is InChI=1S/C14H25N5O3SSi2/c1-24(2,7-5-6-13(20)21)22-25(3,4)11-23-14-16-8-12(9-17-14)10-18-19-15/h8-9H,5-7,10-11H2,1-4H3,(H,20,21). The second-order valence-corrected chi connectivity index (χ2v) is 17.1. The van der Waals surface area contributed by atoms with E-state index < -0.39 is 22.6 Å². The van der Waals surface area contributed by atoms with Crippen LogP contribution in [0.2, 0.25) is 32.2 Å². The number of carboxylic acid groups (broad SMARTS) is 1. The molecule has 1 N–H and O–H groups in total. The maximum atomic E-state index is 10.7. The summed E-state index contributed by atoms with van der Waals surface area (Å²) in [6.45, 7) is 8.88. The average Bonchev–Trinajstić information content (AvgIpc) is 2.50. The highest BCUT2D eigenvalue weighted by Crippen LogP contribution is 2.25. The van der Waals surface area contributed by atoms with E-state index >= 15 is 0 Å². The van der Waals surface area contributed by atoms with Crippen molar-refractivity contribution in [3.05, 3.63) is 28.4 Å². The Morgan fingerprint density at radius 3 is 2.52 bits per heavy atom.